The second-order valence-corrected chi connectivity index (χ2v) is 10.7. The Morgan fingerprint density at radius 1 is 1.03 bits per heavy atom. The van der Waals surface area contributed by atoms with E-state index in [2.05, 4.69) is 5.32 Å². The number of nitrogens with zero attached hydrogens (tertiary/aromatic N) is 2. The lowest BCUT2D eigenvalue weighted by Gasteiger charge is -2.32. The van der Waals surface area contributed by atoms with Crippen LogP contribution in [0, 0.1) is 0 Å². The molecule has 7 nitrogen and oxygen atoms in total. The van der Waals surface area contributed by atoms with Crippen molar-refractivity contribution in [2.45, 2.75) is 45.8 Å². The molecule has 2 aromatic carbocycles. The van der Waals surface area contributed by atoms with Crippen LogP contribution in [0.3, 0.4) is 0 Å². The van der Waals surface area contributed by atoms with Gasteiger partial charge in [0, 0.05) is 22.6 Å². The molecule has 2 aromatic rings. The zero-order chi connectivity index (χ0) is 24.8. The molecule has 0 saturated carbocycles. The van der Waals surface area contributed by atoms with Gasteiger partial charge in [0.2, 0.25) is 21.8 Å². The highest BCUT2D eigenvalue weighted by Crippen LogP contribution is 2.23. The first-order valence-electron chi connectivity index (χ1n) is 10.5. The number of benzene rings is 2. The molecule has 0 saturated heterocycles. The molecule has 180 valence electrons. The zero-order valence-corrected chi connectivity index (χ0v) is 21.4. The van der Waals surface area contributed by atoms with Crippen LogP contribution in [-0.4, -0.2) is 50.0 Å². The largest absolute Gasteiger partial charge is 0.352 e. The molecule has 0 aliphatic carbocycles. The Hall–Kier alpha value is -2.29. The second kappa shape index (κ2) is 11.7. The van der Waals surface area contributed by atoms with E-state index in [1.165, 1.54) is 11.0 Å². The van der Waals surface area contributed by atoms with E-state index in [0.29, 0.717) is 10.0 Å². The van der Waals surface area contributed by atoms with Crippen LogP contribution in [0.15, 0.2) is 48.5 Å². The van der Waals surface area contributed by atoms with E-state index in [1.54, 1.807) is 49.4 Å². The smallest absolute Gasteiger partial charge is 0.244 e. The average molecular weight is 514 g/mol. The SMILES string of the molecule is CC[C@H](C)NC(=O)[C@H](C)N(Cc1ccc(Cl)cc1)C(=O)CN(c1cccc(Cl)c1)S(C)(=O)=O. The van der Waals surface area contributed by atoms with Crippen molar-refractivity contribution in [3.63, 3.8) is 0 Å². The van der Waals surface area contributed by atoms with Crippen molar-refractivity contribution in [1.29, 1.82) is 0 Å². The Kier molecular flexibility index (Phi) is 9.57. The molecule has 10 heteroatoms. The number of amides is 2. The van der Waals surface area contributed by atoms with Gasteiger partial charge in [0.25, 0.3) is 0 Å². The van der Waals surface area contributed by atoms with E-state index in [4.69, 9.17) is 23.2 Å². The molecule has 0 unspecified atom stereocenters. The minimum atomic E-state index is -3.80. The quantitative estimate of drug-likeness (QED) is 0.518. The number of sulfonamides is 1. The molecule has 2 rings (SSSR count). The van der Waals surface area contributed by atoms with Crippen LogP contribution >= 0.6 is 23.2 Å². The molecular formula is C23H29Cl2N3O4S. The molecule has 0 aliphatic heterocycles. The highest BCUT2D eigenvalue weighted by atomic mass is 35.5. The van der Waals surface area contributed by atoms with Gasteiger partial charge in [0.1, 0.15) is 12.6 Å². The topological polar surface area (TPSA) is 86.8 Å². The summed E-state index contributed by atoms with van der Waals surface area (Å²) in [6.07, 6.45) is 1.75. The van der Waals surface area contributed by atoms with E-state index in [9.17, 15) is 18.0 Å². The Bertz CT molecular complexity index is 1080. The van der Waals surface area contributed by atoms with Crippen LogP contribution < -0.4 is 9.62 Å². The highest BCUT2D eigenvalue weighted by molar-refractivity contribution is 7.92. The van der Waals surface area contributed by atoms with Gasteiger partial charge in [0.15, 0.2) is 0 Å². The van der Waals surface area contributed by atoms with Crippen LogP contribution in [0.1, 0.15) is 32.8 Å². The molecule has 0 radical (unpaired) electrons. The standard InChI is InChI=1S/C23H29Cl2N3O4S/c1-5-16(2)26-23(30)17(3)27(14-18-9-11-19(24)12-10-18)22(29)15-28(33(4,31)32)21-8-6-7-20(25)13-21/h6-13,16-17H,5,14-15H2,1-4H3,(H,26,30)/t16-,17-/m0/s1. The first-order chi connectivity index (χ1) is 15.4. The number of hydrogen-bond donors (Lipinski definition) is 1. The Morgan fingerprint density at radius 2 is 1.67 bits per heavy atom. The van der Waals surface area contributed by atoms with Gasteiger partial charge < -0.3 is 10.2 Å². The predicted octanol–water partition coefficient (Wildman–Crippen LogP) is 4.09. The molecule has 0 aromatic heterocycles. The van der Waals surface area contributed by atoms with E-state index in [0.717, 1.165) is 22.5 Å². The summed E-state index contributed by atoms with van der Waals surface area (Å²) in [5.41, 5.74) is 1.02. The summed E-state index contributed by atoms with van der Waals surface area (Å²) < 4.78 is 26.0. The number of nitrogens with one attached hydrogen (secondary N) is 1. The highest BCUT2D eigenvalue weighted by Gasteiger charge is 2.30. The Balaban J connectivity index is 2.37. The van der Waals surface area contributed by atoms with E-state index in [1.807, 2.05) is 13.8 Å². The Labute approximate surface area is 205 Å². The van der Waals surface area contributed by atoms with Crippen molar-refractivity contribution < 1.29 is 18.0 Å². The number of rotatable bonds is 10. The number of carbonyl (C=O) groups excluding carboxylic acids is 2. The van der Waals surface area contributed by atoms with Crippen LogP contribution in [0.4, 0.5) is 5.69 Å². The molecule has 0 heterocycles. The Morgan fingerprint density at radius 3 is 2.21 bits per heavy atom. The van der Waals surface area contributed by atoms with Crippen molar-refractivity contribution in [3.05, 3.63) is 64.1 Å². The van der Waals surface area contributed by atoms with Crippen LogP contribution in [-0.2, 0) is 26.2 Å². The fourth-order valence-electron chi connectivity index (χ4n) is 3.08. The molecule has 0 fully saturated rings. The number of carbonyl (C=O) groups is 2. The summed E-state index contributed by atoms with van der Waals surface area (Å²) in [6, 6.07) is 12.3. The maximum Gasteiger partial charge on any atom is 0.244 e. The van der Waals surface area contributed by atoms with E-state index < -0.39 is 28.5 Å². The predicted molar refractivity (Wildman–Crippen MR) is 133 cm³/mol. The molecule has 2 amide bonds. The van der Waals surface area contributed by atoms with Crippen molar-refractivity contribution in [2.24, 2.45) is 0 Å². The monoisotopic (exact) mass is 513 g/mol. The maximum atomic E-state index is 13.4. The average Bonchev–Trinajstić information content (AvgIpc) is 2.75. The van der Waals surface area contributed by atoms with E-state index in [-0.39, 0.29) is 24.2 Å². The lowest BCUT2D eigenvalue weighted by atomic mass is 10.1. The molecule has 33 heavy (non-hydrogen) atoms. The first kappa shape index (κ1) is 27.0. The lowest BCUT2D eigenvalue weighted by Crippen LogP contribution is -2.52. The van der Waals surface area contributed by atoms with Crippen molar-refractivity contribution >= 4 is 50.7 Å². The summed E-state index contributed by atoms with van der Waals surface area (Å²) in [4.78, 5) is 27.6. The van der Waals surface area contributed by atoms with Crippen molar-refractivity contribution in [1.82, 2.24) is 10.2 Å². The third-order valence-corrected chi connectivity index (χ3v) is 6.84. The van der Waals surface area contributed by atoms with Gasteiger partial charge in [-0.2, -0.15) is 0 Å². The van der Waals surface area contributed by atoms with Gasteiger partial charge >= 0.3 is 0 Å². The van der Waals surface area contributed by atoms with Crippen LogP contribution in [0.2, 0.25) is 10.0 Å². The van der Waals surface area contributed by atoms with Gasteiger partial charge in [-0.15, -0.1) is 0 Å². The summed E-state index contributed by atoms with van der Waals surface area (Å²) in [7, 11) is -3.80. The maximum absolute atomic E-state index is 13.4. The summed E-state index contributed by atoms with van der Waals surface area (Å²) in [6.45, 7) is 5.07. The van der Waals surface area contributed by atoms with Gasteiger partial charge in [0.05, 0.1) is 11.9 Å². The normalized spacial score (nSPS) is 13.2. The minimum absolute atomic E-state index is 0.0635. The summed E-state index contributed by atoms with van der Waals surface area (Å²) in [5, 5.41) is 3.76. The number of anilines is 1. The lowest BCUT2D eigenvalue weighted by molar-refractivity contribution is -0.139. The second-order valence-electron chi connectivity index (χ2n) is 7.89. The van der Waals surface area contributed by atoms with Crippen molar-refractivity contribution in [2.75, 3.05) is 17.1 Å². The fraction of sp³-hybridized carbons (Fsp3) is 0.391. The first-order valence-corrected chi connectivity index (χ1v) is 13.1. The number of hydrogen-bond acceptors (Lipinski definition) is 4. The molecule has 0 spiro atoms. The minimum Gasteiger partial charge on any atom is -0.352 e. The van der Waals surface area contributed by atoms with Gasteiger partial charge in [-0.05, 0) is 56.2 Å². The van der Waals surface area contributed by atoms with Gasteiger partial charge in [-0.1, -0.05) is 48.3 Å². The number of halogens is 2. The molecular weight excluding hydrogens is 485 g/mol. The zero-order valence-electron chi connectivity index (χ0n) is 19.1. The van der Waals surface area contributed by atoms with Crippen LogP contribution in [0.25, 0.3) is 0 Å². The van der Waals surface area contributed by atoms with Crippen molar-refractivity contribution in [3.8, 4) is 0 Å². The molecule has 2 atom stereocenters. The fourth-order valence-corrected chi connectivity index (χ4v) is 4.23. The summed E-state index contributed by atoms with van der Waals surface area (Å²) in [5.74, 6) is -0.845. The summed E-state index contributed by atoms with van der Waals surface area (Å²) >= 11 is 12.0. The van der Waals surface area contributed by atoms with Gasteiger partial charge in [-0.3, -0.25) is 13.9 Å². The third-order valence-electron chi connectivity index (χ3n) is 5.21. The third kappa shape index (κ3) is 7.91. The van der Waals surface area contributed by atoms with Crippen LogP contribution in [0.5, 0.6) is 0 Å². The molecule has 0 aliphatic rings. The van der Waals surface area contributed by atoms with Gasteiger partial charge in [-0.25, -0.2) is 8.42 Å². The molecule has 1 N–H and O–H groups in total. The van der Waals surface area contributed by atoms with E-state index >= 15 is 0 Å². The molecule has 0 bridgehead atoms.